The van der Waals surface area contributed by atoms with Gasteiger partial charge in [0.25, 0.3) is 0 Å². The van der Waals surface area contributed by atoms with Crippen LogP contribution in [0.1, 0.15) is 13.3 Å². The zero-order chi connectivity index (χ0) is 20.2. The molecule has 148 valence electrons. The molecular formula is C16H18ClF3N4O2S. The van der Waals surface area contributed by atoms with Crippen molar-refractivity contribution in [3.8, 4) is 0 Å². The van der Waals surface area contributed by atoms with Crippen molar-refractivity contribution in [2.75, 3.05) is 36.4 Å². The van der Waals surface area contributed by atoms with Gasteiger partial charge in [0.1, 0.15) is 0 Å². The van der Waals surface area contributed by atoms with E-state index in [2.05, 4.69) is 10.6 Å². The molecule has 1 heterocycles. The molecule has 1 fully saturated rings. The van der Waals surface area contributed by atoms with E-state index in [1.165, 1.54) is 0 Å². The van der Waals surface area contributed by atoms with Crippen LogP contribution in [-0.4, -0.2) is 54.2 Å². The van der Waals surface area contributed by atoms with Gasteiger partial charge in [0.2, 0.25) is 5.91 Å². The average molecular weight is 423 g/mol. The van der Waals surface area contributed by atoms with Crippen molar-refractivity contribution >= 4 is 52.1 Å². The summed E-state index contributed by atoms with van der Waals surface area (Å²) in [6.07, 6.45) is -4.57. The van der Waals surface area contributed by atoms with E-state index in [0.29, 0.717) is 22.8 Å². The molecule has 2 rings (SSSR count). The molecule has 1 aliphatic heterocycles. The van der Waals surface area contributed by atoms with E-state index in [4.69, 9.17) is 23.8 Å². The van der Waals surface area contributed by atoms with E-state index < -0.39 is 12.1 Å². The summed E-state index contributed by atoms with van der Waals surface area (Å²) >= 11 is 11.3. The molecule has 0 bridgehead atoms. The Bertz CT molecular complexity index is 737. The molecule has 2 N–H and O–H groups in total. The van der Waals surface area contributed by atoms with Gasteiger partial charge in [0.05, 0.1) is 10.7 Å². The number of anilines is 2. The van der Waals surface area contributed by atoms with Crippen molar-refractivity contribution in [3.63, 3.8) is 0 Å². The number of halogens is 4. The number of nitrogens with one attached hydrogen (secondary N) is 2. The highest BCUT2D eigenvalue weighted by molar-refractivity contribution is 7.80. The molecule has 0 saturated carbocycles. The monoisotopic (exact) mass is 422 g/mol. The molecule has 0 aromatic heterocycles. The number of nitrogens with zero attached hydrogens (tertiary/aromatic N) is 2. The number of piperazine rings is 1. The fourth-order valence-electron chi connectivity index (χ4n) is 2.55. The SMILES string of the molecule is CCC(=O)NC(=S)Nc1ccc(N2CCN(C(=O)C(F)(F)F)CC2)c(Cl)c1. The minimum absolute atomic E-state index is 0.0399. The molecule has 6 nitrogen and oxygen atoms in total. The predicted octanol–water partition coefficient (Wildman–Crippen LogP) is 2.77. The number of carbonyl (C=O) groups is 2. The fraction of sp³-hybridized carbons (Fsp3) is 0.438. The summed E-state index contributed by atoms with van der Waals surface area (Å²) < 4.78 is 37.5. The highest BCUT2D eigenvalue weighted by atomic mass is 35.5. The third kappa shape index (κ3) is 5.70. The van der Waals surface area contributed by atoms with Crippen LogP contribution in [0.3, 0.4) is 0 Å². The molecule has 1 saturated heterocycles. The predicted molar refractivity (Wildman–Crippen MR) is 101 cm³/mol. The second-order valence-electron chi connectivity index (χ2n) is 5.80. The number of hydrogen-bond acceptors (Lipinski definition) is 4. The minimum atomic E-state index is -4.86. The van der Waals surface area contributed by atoms with Gasteiger partial charge in [-0.3, -0.25) is 9.59 Å². The normalized spacial score (nSPS) is 14.7. The maximum Gasteiger partial charge on any atom is 0.471 e. The number of thiocarbonyl (C=S) groups is 1. The van der Waals surface area contributed by atoms with E-state index in [0.717, 1.165) is 4.90 Å². The van der Waals surface area contributed by atoms with Crippen LogP contribution in [0.5, 0.6) is 0 Å². The topological polar surface area (TPSA) is 64.7 Å². The van der Waals surface area contributed by atoms with Gasteiger partial charge in [-0.1, -0.05) is 18.5 Å². The Morgan fingerprint density at radius 1 is 1.22 bits per heavy atom. The molecule has 0 aliphatic carbocycles. The maximum absolute atomic E-state index is 12.5. The smallest absolute Gasteiger partial charge is 0.367 e. The first-order valence-electron chi connectivity index (χ1n) is 8.13. The van der Waals surface area contributed by atoms with Crippen LogP contribution >= 0.6 is 23.8 Å². The highest BCUT2D eigenvalue weighted by Gasteiger charge is 2.43. The maximum atomic E-state index is 12.5. The Morgan fingerprint density at radius 2 is 1.85 bits per heavy atom. The lowest BCUT2D eigenvalue weighted by Crippen LogP contribution is -2.52. The largest absolute Gasteiger partial charge is 0.471 e. The summed E-state index contributed by atoms with van der Waals surface area (Å²) in [5.41, 5.74) is 1.21. The van der Waals surface area contributed by atoms with Gasteiger partial charge in [-0.2, -0.15) is 13.2 Å². The molecule has 1 aliphatic rings. The van der Waals surface area contributed by atoms with Gasteiger partial charge in [0, 0.05) is 38.3 Å². The highest BCUT2D eigenvalue weighted by Crippen LogP contribution is 2.30. The molecule has 0 atom stereocenters. The first kappa shape index (κ1) is 21.2. The van der Waals surface area contributed by atoms with Crippen LogP contribution in [0.4, 0.5) is 24.5 Å². The van der Waals surface area contributed by atoms with Gasteiger partial charge >= 0.3 is 12.1 Å². The van der Waals surface area contributed by atoms with Gasteiger partial charge in [-0.25, -0.2) is 0 Å². The molecule has 27 heavy (non-hydrogen) atoms. The molecule has 1 aromatic rings. The quantitative estimate of drug-likeness (QED) is 0.733. The van der Waals surface area contributed by atoms with Crippen molar-refractivity contribution in [2.45, 2.75) is 19.5 Å². The minimum Gasteiger partial charge on any atom is -0.367 e. The zero-order valence-corrected chi connectivity index (χ0v) is 16.0. The summed E-state index contributed by atoms with van der Waals surface area (Å²) in [7, 11) is 0. The Kier molecular flexibility index (Phi) is 6.88. The summed E-state index contributed by atoms with van der Waals surface area (Å²) in [6.45, 7) is 2.09. The van der Waals surface area contributed by atoms with Gasteiger partial charge < -0.3 is 20.4 Å². The molecule has 0 unspecified atom stereocenters. The summed E-state index contributed by atoms with van der Waals surface area (Å²) in [6, 6.07) is 5.00. The van der Waals surface area contributed by atoms with E-state index >= 15 is 0 Å². The number of benzene rings is 1. The van der Waals surface area contributed by atoms with Crippen molar-refractivity contribution in [3.05, 3.63) is 23.2 Å². The average Bonchev–Trinajstić information content (AvgIpc) is 2.60. The van der Waals surface area contributed by atoms with Crippen LogP contribution in [0.15, 0.2) is 18.2 Å². The van der Waals surface area contributed by atoms with Crippen LogP contribution in [0.2, 0.25) is 5.02 Å². The van der Waals surface area contributed by atoms with Crippen molar-refractivity contribution < 1.29 is 22.8 Å². The summed E-state index contributed by atoms with van der Waals surface area (Å²) in [4.78, 5) is 25.2. The van der Waals surface area contributed by atoms with Crippen LogP contribution in [0, 0.1) is 0 Å². The Morgan fingerprint density at radius 3 is 2.37 bits per heavy atom. The number of hydrogen-bond donors (Lipinski definition) is 2. The number of carbonyl (C=O) groups excluding carboxylic acids is 2. The molecule has 11 heteroatoms. The first-order chi connectivity index (χ1) is 12.6. The molecule has 2 amide bonds. The Balaban J connectivity index is 1.98. The molecule has 1 aromatic carbocycles. The van der Waals surface area contributed by atoms with E-state index in [1.54, 1.807) is 25.1 Å². The number of alkyl halides is 3. The second-order valence-corrected chi connectivity index (χ2v) is 6.61. The lowest BCUT2D eigenvalue weighted by molar-refractivity contribution is -0.185. The van der Waals surface area contributed by atoms with Crippen molar-refractivity contribution in [1.82, 2.24) is 10.2 Å². The molecule has 0 spiro atoms. The zero-order valence-electron chi connectivity index (χ0n) is 14.4. The standard InChI is InChI=1S/C16H18ClF3N4O2S/c1-2-13(25)22-15(27)21-10-3-4-12(11(17)9-10)23-5-7-24(8-6-23)14(26)16(18,19)20/h3-4,9H,2,5-8H2,1H3,(H2,21,22,25,27). The Labute approximate surface area is 164 Å². The molecule has 0 radical (unpaired) electrons. The van der Waals surface area contributed by atoms with Gasteiger partial charge in [0.15, 0.2) is 5.11 Å². The Hall–Kier alpha value is -2.07. The fourth-order valence-corrected chi connectivity index (χ4v) is 3.08. The lowest BCUT2D eigenvalue weighted by Gasteiger charge is -2.36. The van der Waals surface area contributed by atoms with Crippen molar-refractivity contribution in [2.24, 2.45) is 0 Å². The van der Waals surface area contributed by atoms with Crippen LogP contribution in [0.25, 0.3) is 0 Å². The third-order valence-corrected chi connectivity index (χ3v) is 4.44. The first-order valence-corrected chi connectivity index (χ1v) is 8.92. The molecular weight excluding hydrogens is 405 g/mol. The summed E-state index contributed by atoms with van der Waals surface area (Å²) in [5, 5.41) is 5.86. The second kappa shape index (κ2) is 8.75. The van der Waals surface area contributed by atoms with Gasteiger partial charge in [-0.05, 0) is 30.4 Å². The van der Waals surface area contributed by atoms with E-state index in [-0.39, 0.29) is 37.2 Å². The van der Waals surface area contributed by atoms with Crippen LogP contribution in [-0.2, 0) is 9.59 Å². The van der Waals surface area contributed by atoms with Crippen molar-refractivity contribution in [1.29, 1.82) is 0 Å². The summed E-state index contributed by atoms with van der Waals surface area (Å²) in [5.74, 6) is -2.04. The van der Waals surface area contributed by atoms with E-state index in [1.807, 2.05) is 4.90 Å². The van der Waals surface area contributed by atoms with E-state index in [9.17, 15) is 22.8 Å². The lowest BCUT2D eigenvalue weighted by atomic mass is 10.2. The van der Waals surface area contributed by atoms with Crippen LogP contribution < -0.4 is 15.5 Å². The number of amides is 2. The number of rotatable bonds is 3. The third-order valence-electron chi connectivity index (χ3n) is 3.93. The van der Waals surface area contributed by atoms with Gasteiger partial charge in [-0.15, -0.1) is 0 Å².